The molecule has 0 amide bonds. The molecule has 1 atom stereocenters. The molecular weight excluding hydrogens is 189 g/mol. The Hall–Kier alpha value is -0.890. The van der Waals surface area contributed by atoms with Gasteiger partial charge in [-0.15, -0.1) is 0 Å². The number of hydrogen-bond donors (Lipinski definition) is 1. The Morgan fingerprint density at radius 1 is 1.40 bits per heavy atom. The molecule has 1 aromatic rings. The summed E-state index contributed by atoms with van der Waals surface area (Å²) in [4.78, 5) is 0. The van der Waals surface area contributed by atoms with Crippen LogP contribution in [0.5, 0.6) is 0 Å². The van der Waals surface area contributed by atoms with Crippen molar-refractivity contribution in [1.82, 2.24) is 5.32 Å². The Morgan fingerprint density at radius 2 is 2.20 bits per heavy atom. The number of aryl methyl sites for hydroxylation is 1. The van der Waals surface area contributed by atoms with Crippen molar-refractivity contribution >= 4 is 0 Å². The molecule has 0 saturated carbocycles. The molecule has 82 valence electrons. The molecular formula is C13H18FN. The van der Waals surface area contributed by atoms with Crippen molar-refractivity contribution < 1.29 is 4.39 Å². The Balaban J connectivity index is 2.14. The van der Waals surface area contributed by atoms with E-state index in [-0.39, 0.29) is 5.82 Å². The van der Waals surface area contributed by atoms with Gasteiger partial charge in [-0.25, -0.2) is 4.39 Å². The summed E-state index contributed by atoms with van der Waals surface area (Å²) in [5.74, 6) is -0.0667. The van der Waals surface area contributed by atoms with Gasteiger partial charge in [0.05, 0.1) is 0 Å². The summed E-state index contributed by atoms with van der Waals surface area (Å²) in [7, 11) is 0. The summed E-state index contributed by atoms with van der Waals surface area (Å²) in [6.07, 6.45) is 3.42. The second-order valence-corrected chi connectivity index (χ2v) is 4.52. The van der Waals surface area contributed by atoms with Crippen molar-refractivity contribution in [3.8, 4) is 0 Å². The monoisotopic (exact) mass is 207 g/mol. The highest BCUT2D eigenvalue weighted by Crippen LogP contribution is 2.18. The molecule has 0 bridgehead atoms. The smallest absolute Gasteiger partial charge is 0.126 e. The van der Waals surface area contributed by atoms with Crippen LogP contribution in [0.3, 0.4) is 0 Å². The minimum atomic E-state index is -0.0667. The van der Waals surface area contributed by atoms with Crippen LogP contribution in [0.2, 0.25) is 0 Å². The normalized spacial score (nSPS) is 20.9. The van der Waals surface area contributed by atoms with Gasteiger partial charge in [-0.05, 0) is 62.4 Å². The second-order valence-electron chi connectivity index (χ2n) is 4.52. The topological polar surface area (TPSA) is 12.0 Å². The largest absolute Gasteiger partial charge is 0.314 e. The van der Waals surface area contributed by atoms with E-state index in [2.05, 4.69) is 11.4 Å². The van der Waals surface area contributed by atoms with Crippen LogP contribution in [0.15, 0.2) is 12.1 Å². The number of nitrogens with one attached hydrogen (secondary N) is 1. The van der Waals surface area contributed by atoms with Gasteiger partial charge in [0, 0.05) is 6.04 Å². The third kappa shape index (κ3) is 2.37. The van der Waals surface area contributed by atoms with Crippen LogP contribution in [-0.4, -0.2) is 12.6 Å². The summed E-state index contributed by atoms with van der Waals surface area (Å²) in [5.41, 5.74) is 2.95. The minimum Gasteiger partial charge on any atom is -0.314 e. The average Bonchev–Trinajstić information content (AvgIpc) is 2.66. The average molecular weight is 207 g/mol. The van der Waals surface area contributed by atoms with Crippen molar-refractivity contribution in [2.75, 3.05) is 6.54 Å². The fourth-order valence-corrected chi connectivity index (χ4v) is 2.22. The molecule has 1 nitrogen and oxygen atoms in total. The highest BCUT2D eigenvalue weighted by atomic mass is 19.1. The Morgan fingerprint density at radius 3 is 2.80 bits per heavy atom. The first-order valence-corrected chi connectivity index (χ1v) is 5.66. The van der Waals surface area contributed by atoms with Crippen molar-refractivity contribution in [2.45, 2.75) is 39.2 Å². The fraction of sp³-hybridized carbons (Fsp3) is 0.538. The van der Waals surface area contributed by atoms with E-state index in [9.17, 15) is 4.39 Å². The quantitative estimate of drug-likeness (QED) is 0.786. The Labute approximate surface area is 90.7 Å². The maximum Gasteiger partial charge on any atom is 0.126 e. The lowest BCUT2D eigenvalue weighted by Gasteiger charge is -2.12. The van der Waals surface area contributed by atoms with Crippen LogP contribution in [0.1, 0.15) is 29.5 Å². The van der Waals surface area contributed by atoms with Gasteiger partial charge in [-0.3, -0.25) is 0 Å². The van der Waals surface area contributed by atoms with Crippen LogP contribution >= 0.6 is 0 Å². The Bertz CT molecular complexity index is 331. The van der Waals surface area contributed by atoms with Gasteiger partial charge in [0.15, 0.2) is 0 Å². The van der Waals surface area contributed by atoms with E-state index in [0.717, 1.165) is 29.7 Å². The molecule has 0 aliphatic carbocycles. The summed E-state index contributed by atoms with van der Waals surface area (Å²) in [6, 6.07) is 4.34. The first-order chi connectivity index (χ1) is 7.16. The zero-order valence-electron chi connectivity index (χ0n) is 9.44. The molecule has 15 heavy (non-hydrogen) atoms. The van der Waals surface area contributed by atoms with E-state index in [1.807, 2.05) is 13.8 Å². The van der Waals surface area contributed by atoms with Gasteiger partial charge in [0.25, 0.3) is 0 Å². The van der Waals surface area contributed by atoms with Gasteiger partial charge in [-0.2, -0.15) is 0 Å². The molecule has 1 heterocycles. The van der Waals surface area contributed by atoms with Gasteiger partial charge in [0.1, 0.15) is 5.82 Å². The lowest BCUT2D eigenvalue weighted by Crippen LogP contribution is -2.23. The molecule has 1 fully saturated rings. The molecule has 1 unspecified atom stereocenters. The third-order valence-electron chi connectivity index (χ3n) is 3.31. The molecule has 0 spiro atoms. The second kappa shape index (κ2) is 4.31. The summed E-state index contributed by atoms with van der Waals surface area (Å²) < 4.78 is 13.5. The molecule has 0 aromatic heterocycles. The van der Waals surface area contributed by atoms with E-state index in [4.69, 9.17) is 0 Å². The zero-order valence-corrected chi connectivity index (χ0v) is 9.44. The molecule has 0 radical (unpaired) electrons. The summed E-state index contributed by atoms with van der Waals surface area (Å²) in [6.45, 7) is 4.92. The van der Waals surface area contributed by atoms with Gasteiger partial charge >= 0.3 is 0 Å². The van der Waals surface area contributed by atoms with Gasteiger partial charge in [-0.1, -0.05) is 6.07 Å². The van der Waals surface area contributed by atoms with Crippen molar-refractivity contribution in [3.63, 3.8) is 0 Å². The van der Waals surface area contributed by atoms with E-state index in [1.165, 1.54) is 12.8 Å². The van der Waals surface area contributed by atoms with Crippen LogP contribution < -0.4 is 5.32 Å². The standard InChI is InChI=1S/C13H18FN/c1-9-6-11(8-13(14)10(9)2)7-12-4-3-5-15-12/h6,8,12,15H,3-5,7H2,1-2H3. The number of rotatable bonds is 2. The summed E-state index contributed by atoms with van der Waals surface area (Å²) >= 11 is 0. The number of benzene rings is 1. The summed E-state index contributed by atoms with van der Waals surface area (Å²) in [5, 5.41) is 3.44. The van der Waals surface area contributed by atoms with Crippen molar-refractivity contribution in [2.24, 2.45) is 0 Å². The fourth-order valence-electron chi connectivity index (χ4n) is 2.22. The first kappa shape index (κ1) is 10.6. The molecule has 1 aliphatic rings. The van der Waals surface area contributed by atoms with Crippen LogP contribution in [0.25, 0.3) is 0 Å². The zero-order chi connectivity index (χ0) is 10.8. The van der Waals surface area contributed by atoms with Crippen LogP contribution in [0, 0.1) is 19.7 Å². The minimum absolute atomic E-state index is 0.0667. The van der Waals surface area contributed by atoms with Gasteiger partial charge < -0.3 is 5.32 Å². The van der Waals surface area contributed by atoms with E-state index < -0.39 is 0 Å². The predicted molar refractivity (Wildman–Crippen MR) is 60.6 cm³/mol. The maximum atomic E-state index is 13.5. The SMILES string of the molecule is Cc1cc(CC2CCCN2)cc(F)c1C. The molecule has 2 heteroatoms. The van der Waals surface area contributed by atoms with Crippen molar-refractivity contribution in [3.05, 3.63) is 34.6 Å². The molecule has 1 aromatic carbocycles. The highest BCUT2D eigenvalue weighted by molar-refractivity contribution is 5.32. The first-order valence-electron chi connectivity index (χ1n) is 5.66. The molecule has 1 aliphatic heterocycles. The number of halogens is 1. The predicted octanol–water partition coefficient (Wildman–Crippen LogP) is 2.74. The molecule has 1 saturated heterocycles. The lowest BCUT2D eigenvalue weighted by molar-refractivity contribution is 0.589. The van der Waals surface area contributed by atoms with Crippen LogP contribution in [0.4, 0.5) is 4.39 Å². The highest BCUT2D eigenvalue weighted by Gasteiger charge is 2.15. The third-order valence-corrected chi connectivity index (χ3v) is 3.31. The van der Waals surface area contributed by atoms with E-state index in [0.29, 0.717) is 6.04 Å². The van der Waals surface area contributed by atoms with E-state index >= 15 is 0 Å². The number of hydrogen-bond acceptors (Lipinski definition) is 1. The van der Waals surface area contributed by atoms with Crippen molar-refractivity contribution in [1.29, 1.82) is 0 Å². The van der Waals surface area contributed by atoms with Gasteiger partial charge in [0.2, 0.25) is 0 Å². The molecule has 1 N–H and O–H groups in total. The lowest BCUT2D eigenvalue weighted by atomic mass is 10.00. The maximum absolute atomic E-state index is 13.5. The molecule has 2 rings (SSSR count). The van der Waals surface area contributed by atoms with E-state index in [1.54, 1.807) is 6.07 Å². The Kier molecular flexibility index (Phi) is 3.06. The van der Waals surface area contributed by atoms with Crippen LogP contribution in [-0.2, 0) is 6.42 Å².